The van der Waals surface area contributed by atoms with E-state index in [1.54, 1.807) is 0 Å². The van der Waals surface area contributed by atoms with E-state index in [-0.39, 0.29) is 6.04 Å². The molecule has 3 heteroatoms. The van der Waals surface area contributed by atoms with Crippen molar-refractivity contribution in [1.82, 2.24) is 5.43 Å². The monoisotopic (exact) mass is 232 g/mol. The number of hydrogen-bond donors (Lipinski definition) is 2. The van der Waals surface area contributed by atoms with Gasteiger partial charge in [-0.1, -0.05) is 12.1 Å². The van der Waals surface area contributed by atoms with Gasteiger partial charge in [0.15, 0.2) is 0 Å². The highest BCUT2D eigenvalue weighted by Crippen LogP contribution is 2.22. The molecule has 0 aromatic heterocycles. The number of ether oxygens (including phenoxy) is 1. The highest BCUT2D eigenvalue weighted by Gasteiger charge is 2.09. The fourth-order valence-electron chi connectivity index (χ4n) is 1.68. The molecule has 0 aliphatic rings. The fourth-order valence-corrected chi connectivity index (χ4v) is 1.68. The van der Waals surface area contributed by atoms with E-state index in [0.717, 1.165) is 24.2 Å². The molecule has 0 saturated heterocycles. The molecular formula is C14H20N2O. The molecule has 17 heavy (non-hydrogen) atoms. The molecule has 0 heterocycles. The Bertz CT molecular complexity index is 393. The van der Waals surface area contributed by atoms with Crippen molar-refractivity contribution in [3.05, 3.63) is 29.8 Å². The third-order valence-electron chi connectivity index (χ3n) is 2.51. The van der Waals surface area contributed by atoms with Gasteiger partial charge >= 0.3 is 0 Å². The van der Waals surface area contributed by atoms with Gasteiger partial charge in [0.05, 0.1) is 6.61 Å². The van der Waals surface area contributed by atoms with Crippen molar-refractivity contribution >= 4 is 0 Å². The minimum absolute atomic E-state index is 0.122. The molecule has 1 unspecified atom stereocenters. The second kappa shape index (κ2) is 7.72. The van der Waals surface area contributed by atoms with Crippen molar-refractivity contribution in [1.29, 1.82) is 0 Å². The predicted molar refractivity (Wildman–Crippen MR) is 70.4 cm³/mol. The second-order valence-corrected chi connectivity index (χ2v) is 3.69. The first-order valence-corrected chi connectivity index (χ1v) is 5.90. The van der Waals surface area contributed by atoms with Crippen molar-refractivity contribution in [2.75, 3.05) is 6.61 Å². The topological polar surface area (TPSA) is 47.3 Å². The quantitative estimate of drug-likeness (QED) is 0.450. The normalized spacial score (nSPS) is 11.5. The minimum atomic E-state index is 0.122. The van der Waals surface area contributed by atoms with E-state index in [9.17, 15) is 0 Å². The summed E-state index contributed by atoms with van der Waals surface area (Å²) in [6, 6.07) is 8.12. The second-order valence-electron chi connectivity index (χ2n) is 3.69. The summed E-state index contributed by atoms with van der Waals surface area (Å²) in [5, 5.41) is 0. The molecule has 0 amide bonds. The van der Waals surface area contributed by atoms with Crippen LogP contribution in [0.15, 0.2) is 24.3 Å². The Morgan fingerprint density at radius 1 is 1.47 bits per heavy atom. The molecule has 0 fully saturated rings. The Morgan fingerprint density at radius 2 is 2.29 bits per heavy atom. The lowest BCUT2D eigenvalue weighted by molar-refractivity contribution is 0.339. The summed E-state index contributed by atoms with van der Waals surface area (Å²) in [5.41, 5.74) is 3.96. The Morgan fingerprint density at radius 3 is 2.94 bits per heavy atom. The Balaban J connectivity index is 2.71. The van der Waals surface area contributed by atoms with Crippen LogP contribution in [-0.2, 0) is 0 Å². The number of nitrogens with one attached hydrogen (secondary N) is 1. The van der Waals surface area contributed by atoms with Gasteiger partial charge in [0.25, 0.3) is 0 Å². The predicted octanol–water partition coefficient (Wildman–Crippen LogP) is 2.39. The standard InChI is InChI=1S/C14H20N2O/c1-3-5-6-10-14(16-15)12-8-7-9-13(11-12)17-4-2/h7-9,11,14,16H,4,6,10,15H2,1-2H3. The third kappa shape index (κ3) is 4.48. The molecule has 3 nitrogen and oxygen atoms in total. The highest BCUT2D eigenvalue weighted by atomic mass is 16.5. The third-order valence-corrected chi connectivity index (χ3v) is 2.51. The summed E-state index contributed by atoms with van der Waals surface area (Å²) in [7, 11) is 0. The van der Waals surface area contributed by atoms with Crippen LogP contribution < -0.4 is 16.0 Å². The van der Waals surface area contributed by atoms with Crippen LogP contribution in [0.3, 0.4) is 0 Å². The molecule has 0 spiro atoms. The van der Waals surface area contributed by atoms with Crippen LogP contribution in [0.4, 0.5) is 0 Å². The maximum atomic E-state index is 5.57. The van der Waals surface area contributed by atoms with Gasteiger partial charge in [0, 0.05) is 12.5 Å². The first-order valence-electron chi connectivity index (χ1n) is 5.90. The Labute approximate surface area is 103 Å². The van der Waals surface area contributed by atoms with Crippen molar-refractivity contribution in [2.24, 2.45) is 5.84 Å². The summed E-state index contributed by atoms with van der Waals surface area (Å²) in [5.74, 6) is 12.4. The molecule has 1 rings (SSSR count). The van der Waals surface area contributed by atoms with Crippen LogP contribution >= 0.6 is 0 Å². The molecule has 1 atom stereocenters. The van der Waals surface area contributed by atoms with Crippen molar-refractivity contribution in [2.45, 2.75) is 32.7 Å². The summed E-state index contributed by atoms with van der Waals surface area (Å²) in [6.07, 6.45) is 1.73. The van der Waals surface area contributed by atoms with Crippen LogP contribution in [0.2, 0.25) is 0 Å². The van der Waals surface area contributed by atoms with Crippen LogP contribution in [0, 0.1) is 11.8 Å². The van der Waals surface area contributed by atoms with Crippen molar-refractivity contribution in [3.63, 3.8) is 0 Å². The zero-order valence-electron chi connectivity index (χ0n) is 10.5. The average Bonchev–Trinajstić information content (AvgIpc) is 2.35. The molecule has 0 aliphatic carbocycles. The Kier molecular flexibility index (Phi) is 6.16. The van der Waals surface area contributed by atoms with Gasteiger partial charge in [-0.05, 0) is 38.0 Å². The first-order chi connectivity index (χ1) is 8.31. The van der Waals surface area contributed by atoms with Crippen LogP contribution in [0.5, 0.6) is 5.75 Å². The van der Waals surface area contributed by atoms with E-state index in [1.165, 1.54) is 0 Å². The maximum absolute atomic E-state index is 5.57. The first kappa shape index (κ1) is 13.6. The molecule has 1 aromatic carbocycles. The minimum Gasteiger partial charge on any atom is -0.494 e. The number of rotatable bonds is 6. The molecule has 0 bridgehead atoms. The van der Waals surface area contributed by atoms with Gasteiger partial charge in [-0.3, -0.25) is 11.3 Å². The molecular weight excluding hydrogens is 212 g/mol. The SMILES string of the molecule is CC#CCCC(NN)c1cccc(OCC)c1. The van der Waals surface area contributed by atoms with E-state index in [0.29, 0.717) is 6.61 Å². The van der Waals surface area contributed by atoms with Gasteiger partial charge in [-0.25, -0.2) is 0 Å². The molecule has 3 N–H and O–H groups in total. The van der Waals surface area contributed by atoms with E-state index < -0.39 is 0 Å². The van der Waals surface area contributed by atoms with Gasteiger partial charge in [0.1, 0.15) is 5.75 Å². The summed E-state index contributed by atoms with van der Waals surface area (Å²) >= 11 is 0. The van der Waals surface area contributed by atoms with E-state index in [1.807, 2.05) is 38.1 Å². The van der Waals surface area contributed by atoms with E-state index in [4.69, 9.17) is 10.6 Å². The molecule has 92 valence electrons. The zero-order valence-corrected chi connectivity index (χ0v) is 10.5. The zero-order chi connectivity index (χ0) is 12.5. The molecule has 0 saturated carbocycles. The number of benzene rings is 1. The molecule has 0 radical (unpaired) electrons. The molecule has 0 aliphatic heterocycles. The lowest BCUT2D eigenvalue weighted by atomic mass is 10.0. The van der Waals surface area contributed by atoms with Crippen molar-refractivity contribution < 1.29 is 4.74 Å². The summed E-state index contributed by atoms with van der Waals surface area (Å²) < 4.78 is 5.47. The van der Waals surface area contributed by atoms with Crippen molar-refractivity contribution in [3.8, 4) is 17.6 Å². The van der Waals surface area contributed by atoms with Crippen LogP contribution in [0.25, 0.3) is 0 Å². The number of nitrogens with two attached hydrogens (primary N) is 1. The van der Waals surface area contributed by atoms with Crippen LogP contribution in [0.1, 0.15) is 38.3 Å². The Hall–Kier alpha value is -1.50. The van der Waals surface area contributed by atoms with Gasteiger partial charge in [-0.15, -0.1) is 11.8 Å². The summed E-state index contributed by atoms with van der Waals surface area (Å²) in [6.45, 7) is 4.49. The van der Waals surface area contributed by atoms with E-state index in [2.05, 4.69) is 17.3 Å². The maximum Gasteiger partial charge on any atom is 0.119 e. The van der Waals surface area contributed by atoms with Gasteiger partial charge in [-0.2, -0.15) is 0 Å². The van der Waals surface area contributed by atoms with Gasteiger partial charge < -0.3 is 4.74 Å². The smallest absolute Gasteiger partial charge is 0.119 e. The lowest BCUT2D eigenvalue weighted by Gasteiger charge is -2.16. The fraction of sp³-hybridized carbons (Fsp3) is 0.429. The number of hydrazine groups is 1. The lowest BCUT2D eigenvalue weighted by Crippen LogP contribution is -2.27. The highest BCUT2D eigenvalue weighted by molar-refractivity contribution is 5.30. The van der Waals surface area contributed by atoms with E-state index >= 15 is 0 Å². The van der Waals surface area contributed by atoms with Crippen LogP contribution in [-0.4, -0.2) is 6.61 Å². The molecule has 1 aromatic rings. The average molecular weight is 232 g/mol. The summed E-state index contributed by atoms with van der Waals surface area (Å²) in [4.78, 5) is 0. The van der Waals surface area contributed by atoms with Gasteiger partial charge in [0.2, 0.25) is 0 Å². The number of hydrogen-bond acceptors (Lipinski definition) is 3. The largest absolute Gasteiger partial charge is 0.494 e.